The van der Waals surface area contributed by atoms with Crippen LogP contribution in [0.2, 0.25) is 0 Å². The second-order valence-corrected chi connectivity index (χ2v) is 2.60. The largest absolute Gasteiger partial charge is 0.497 e. The molecule has 0 atom stereocenters. The third-order valence-electron chi connectivity index (χ3n) is 1.78. The molecule has 1 aromatic carbocycles. The second kappa shape index (κ2) is 4.12. The van der Waals surface area contributed by atoms with Crippen LogP contribution in [0.1, 0.15) is 18.1 Å². The fraction of sp³-hybridized carbons (Fsp3) is 0.300. The van der Waals surface area contributed by atoms with E-state index in [4.69, 9.17) is 9.84 Å². The molecule has 0 aliphatic rings. The summed E-state index contributed by atoms with van der Waals surface area (Å²) >= 11 is 0. The molecule has 0 aliphatic carbocycles. The smallest absolute Gasteiger partial charge is 0.119 e. The highest BCUT2D eigenvalue weighted by atomic mass is 16.5. The van der Waals surface area contributed by atoms with Gasteiger partial charge in [0.05, 0.1) is 7.11 Å². The molecule has 1 N–H and O–H groups in total. The monoisotopic (exact) mass is 165 g/mol. The van der Waals surface area contributed by atoms with E-state index in [2.05, 4.69) is 6.92 Å². The molecule has 0 fully saturated rings. The van der Waals surface area contributed by atoms with Gasteiger partial charge in [0.2, 0.25) is 0 Å². The van der Waals surface area contributed by atoms with Gasteiger partial charge >= 0.3 is 0 Å². The maximum atomic E-state index is 8.80. The summed E-state index contributed by atoms with van der Waals surface area (Å²) in [5, 5.41) is 8.80. The second-order valence-electron chi connectivity index (χ2n) is 2.60. The Hall–Kier alpha value is -1.02. The zero-order chi connectivity index (χ0) is 8.97. The molecule has 1 radical (unpaired) electrons. The lowest BCUT2D eigenvalue weighted by atomic mass is 10.1. The van der Waals surface area contributed by atoms with E-state index in [1.165, 1.54) is 0 Å². The zero-order valence-corrected chi connectivity index (χ0v) is 7.37. The molecule has 0 bridgehead atoms. The Labute approximate surface area is 72.8 Å². The summed E-state index contributed by atoms with van der Waals surface area (Å²) < 4.78 is 5.07. The molecule has 0 saturated carbocycles. The zero-order valence-electron chi connectivity index (χ0n) is 7.37. The summed E-state index contributed by atoms with van der Waals surface area (Å²) in [6.45, 7) is 3.15. The van der Waals surface area contributed by atoms with Gasteiger partial charge in [-0.25, -0.2) is 0 Å². The van der Waals surface area contributed by atoms with Crippen molar-refractivity contribution in [1.82, 2.24) is 0 Å². The Kier molecular flexibility index (Phi) is 3.11. The van der Waals surface area contributed by atoms with Gasteiger partial charge in [0.25, 0.3) is 0 Å². The van der Waals surface area contributed by atoms with Crippen molar-refractivity contribution in [3.63, 3.8) is 0 Å². The first-order valence-electron chi connectivity index (χ1n) is 3.95. The molecule has 2 heteroatoms. The van der Waals surface area contributed by atoms with Gasteiger partial charge in [0.15, 0.2) is 0 Å². The molecular formula is C10H13O2. The molecule has 1 rings (SSSR count). The van der Waals surface area contributed by atoms with Gasteiger partial charge in [-0.3, -0.25) is 0 Å². The number of hydrogen-bond acceptors (Lipinski definition) is 2. The van der Waals surface area contributed by atoms with Crippen LogP contribution in [0.3, 0.4) is 0 Å². The molecule has 0 spiro atoms. The predicted molar refractivity (Wildman–Crippen MR) is 47.7 cm³/mol. The number of aliphatic hydroxyl groups is 1. The molecule has 2 nitrogen and oxygen atoms in total. The van der Waals surface area contributed by atoms with Crippen molar-refractivity contribution in [3.8, 4) is 5.75 Å². The lowest BCUT2D eigenvalue weighted by Gasteiger charge is -2.05. The van der Waals surface area contributed by atoms with Crippen molar-refractivity contribution in [2.45, 2.75) is 13.3 Å². The van der Waals surface area contributed by atoms with Crippen LogP contribution < -0.4 is 4.74 Å². The Morgan fingerprint density at radius 3 is 2.67 bits per heavy atom. The molecule has 0 aliphatic heterocycles. The summed E-state index contributed by atoms with van der Waals surface area (Å²) in [4.78, 5) is 0. The average molecular weight is 165 g/mol. The van der Waals surface area contributed by atoms with E-state index in [9.17, 15) is 0 Å². The molecule has 0 heterocycles. The summed E-state index contributed by atoms with van der Waals surface area (Å²) in [5.41, 5.74) is 1.95. The number of rotatable bonds is 3. The maximum Gasteiger partial charge on any atom is 0.119 e. The maximum absolute atomic E-state index is 8.80. The van der Waals surface area contributed by atoms with E-state index >= 15 is 0 Å². The van der Waals surface area contributed by atoms with Gasteiger partial charge in [-0.05, 0) is 29.7 Å². The van der Waals surface area contributed by atoms with Crippen LogP contribution >= 0.6 is 0 Å². The van der Waals surface area contributed by atoms with Gasteiger partial charge in [-0.2, -0.15) is 0 Å². The summed E-state index contributed by atoms with van der Waals surface area (Å²) in [7, 11) is 1.62. The van der Waals surface area contributed by atoms with Gasteiger partial charge in [0.1, 0.15) is 12.4 Å². The predicted octanol–water partition coefficient (Wildman–Crippen LogP) is 2.14. The Morgan fingerprint density at radius 1 is 1.42 bits per heavy atom. The molecule has 0 unspecified atom stereocenters. The van der Waals surface area contributed by atoms with Crippen LogP contribution in [-0.2, 0) is 6.42 Å². The quantitative estimate of drug-likeness (QED) is 0.743. The third-order valence-corrected chi connectivity index (χ3v) is 1.78. The number of hydrogen-bond donors (Lipinski definition) is 1. The van der Waals surface area contributed by atoms with Crippen molar-refractivity contribution < 1.29 is 9.84 Å². The molecular weight excluding hydrogens is 152 g/mol. The van der Waals surface area contributed by atoms with Crippen LogP contribution in [0.5, 0.6) is 5.75 Å². The highest BCUT2D eigenvalue weighted by Crippen LogP contribution is 2.17. The molecule has 0 amide bonds. The lowest BCUT2D eigenvalue weighted by molar-refractivity contribution is 0.404. The normalized spacial score (nSPS) is 9.92. The van der Waals surface area contributed by atoms with Crippen molar-refractivity contribution in [1.29, 1.82) is 0 Å². The first-order chi connectivity index (χ1) is 5.80. The molecule has 0 saturated heterocycles. The van der Waals surface area contributed by atoms with Gasteiger partial charge in [0, 0.05) is 0 Å². The van der Waals surface area contributed by atoms with Crippen LogP contribution in [0, 0.1) is 6.61 Å². The summed E-state index contributed by atoms with van der Waals surface area (Å²) in [6.07, 6.45) is 0.942. The first kappa shape index (κ1) is 9.07. The van der Waals surface area contributed by atoms with Crippen LogP contribution in [0.25, 0.3) is 0 Å². The van der Waals surface area contributed by atoms with Gasteiger partial charge < -0.3 is 9.84 Å². The van der Waals surface area contributed by atoms with Gasteiger partial charge in [-0.1, -0.05) is 13.0 Å². The SMILES string of the molecule is CCc1cc([CH]O)cc(OC)c1. The number of benzene rings is 1. The number of ether oxygens (including phenoxy) is 1. The van der Waals surface area contributed by atoms with Crippen molar-refractivity contribution in [2.24, 2.45) is 0 Å². The summed E-state index contributed by atoms with van der Waals surface area (Å²) in [6, 6.07) is 5.69. The number of aliphatic hydroxyl groups excluding tert-OH is 1. The van der Waals surface area contributed by atoms with E-state index in [0.717, 1.165) is 29.9 Å². The highest BCUT2D eigenvalue weighted by molar-refractivity contribution is 5.36. The van der Waals surface area contributed by atoms with Crippen LogP contribution in [0.15, 0.2) is 18.2 Å². The molecule has 65 valence electrons. The number of methoxy groups -OCH3 is 1. The highest BCUT2D eigenvalue weighted by Gasteiger charge is 1.98. The van der Waals surface area contributed by atoms with Crippen molar-refractivity contribution in [3.05, 3.63) is 35.9 Å². The average Bonchev–Trinajstić information content (AvgIpc) is 2.16. The topological polar surface area (TPSA) is 29.5 Å². The third kappa shape index (κ3) is 1.98. The van der Waals surface area contributed by atoms with E-state index in [1.807, 2.05) is 12.1 Å². The van der Waals surface area contributed by atoms with Crippen molar-refractivity contribution >= 4 is 0 Å². The standard InChI is InChI=1S/C10H13O2/c1-3-8-4-9(7-11)6-10(5-8)12-2/h4-7,11H,3H2,1-2H3. The molecule has 1 aromatic rings. The van der Waals surface area contributed by atoms with Crippen LogP contribution in [-0.4, -0.2) is 12.2 Å². The van der Waals surface area contributed by atoms with E-state index in [-0.39, 0.29) is 0 Å². The number of aryl methyl sites for hydroxylation is 1. The Morgan fingerprint density at radius 2 is 2.17 bits per heavy atom. The minimum Gasteiger partial charge on any atom is -0.497 e. The first-order valence-corrected chi connectivity index (χ1v) is 3.95. The Bertz CT molecular complexity index is 201. The molecule has 0 aromatic heterocycles. The Balaban J connectivity index is 3.01. The van der Waals surface area contributed by atoms with E-state index < -0.39 is 0 Å². The minimum absolute atomic E-state index is 0.784. The van der Waals surface area contributed by atoms with Crippen LogP contribution in [0.4, 0.5) is 0 Å². The lowest BCUT2D eigenvalue weighted by Crippen LogP contribution is -1.89. The van der Waals surface area contributed by atoms with E-state index in [1.54, 1.807) is 13.2 Å². The minimum atomic E-state index is 0.784. The fourth-order valence-electron chi connectivity index (χ4n) is 1.08. The van der Waals surface area contributed by atoms with Gasteiger partial charge in [-0.15, -0.1) is 0 Å². The molecule has 12 heavy (non-hydrogen) atoms. The van der Waals surface area contributed by atoms with Crippen molar-refractivity contribution in [2.75, 3.05) is 7.11 Å². The summed E-state index contributed by atoms with van der Waals surface area (Å²) in [5.74, 6) is 0.787. The fourth-order valence-corrected chi connectivity index (χ4v) is 1.08. The van der Waals surface area contributed by atoms with E-state index in [0.29, 0.717) is 0 Å².